The lowest BCUT2D eigenvalue weighted by Gasteiger charge is -2.03. The quantitative estimate of drug-likeness (QED) is 0.638. The minimum Gasteiger partial charge on any atom is -0.478 e. The summed E-state index contributed by atoms with van der Waals surface area (Å²) in [6, 6.07) is 1.07. The second-order valence-corrected chi connectivity index (χ2v) is 2.29. The number of nitrogens with zero attached hydrogens (tertiary/aromatic N) is 1. The van der Waals surface area contributed by atoms with Gasteiger partial charge in [0.15, 0.2) is 0 Å². The third-order valence-corrected chi connectivity index (χ3v) is 1.42. The van der Waals surface area contributed by atoms with Gasteiger partial charge in [0, 0.05) is 11.6 Å². The van der Waals surface area contributed by atoms with E-state index < -0.39 is 11.8 Å². The second kappa shape index (κ2) is 3.47. The molecule has 0 aliphatic carbocycles. The smallest absolute Gasteiger partial charge is 0.221 e. The largest absolute Gasteiger partial charge is 0.478 e. The number of rotatable bonds is 2. The van der Waals surface area contributed by atoms with Crippen molar-refractivity contribution in [3.8, 4) is 5.88 Å². The van der Waals surface area contributed by atoms with Gasteiger partial charge in [-0.1, -0.05) is 0 Å². The van der Waals surface area contributed by atoms with Crippen molar-refractivity contribution in [3.63, 3.8) is 0 Å². The summed E-state index contributed by atoms with van der Waals surface area (Å²) in [6.45, 7) is 3.39. The molecule has 0 bridgehead atoms. The Bertz CT molecular complexity index is 265. The molecule has 0 saturated heterocycles. The summed E-state index contributed by atoms with van der Waals surface area (Å²) in [5, 5.41) is 0. The molecule has 1 rings (SSSR count). The number of ether oxygens (including phenoxy) is 1. The SMILES string of the molecule is CCOc1cc(F)c(C)c(F)n1. The van der Waals surface area contributed by atoms with Crippen LogP contribution < -0.4 is 4.74 Å². The van der Waals surface area contributed by atoms with E-state index in [1.165, 1.54) is 6.92 Å². The van der Waals surface area contributed by atoms with Crippen molar-refractivity contribution in [3.05, 3.63) is 23.4 Å². The molecule has 0 aliphatic rings. The molecule has 1 aromatic heterocycles. The molecule has 0 radical (unpaired) electrons. The average Bonchev–Trinajstić information content (AvgIpc) is 2.01. The fourth-order valence-corrected chi connectivity index (χ4v) is 0.750. The van der Waals surface area contributed by atoms with Gasteiger partial charge in [0.05, 0.1) is 6.61 Å². The van der Waals surface area contributed by atoms with Crippen molar-refractivity contribution in [2.75, 3.05) is 6.61 Å². The zero-order valence-electron chi connectivity index (χ0n) is 6.90. The molecule has 1 heterocycles. The lowest BCUT2D eigenvalue weighted by molar-refractivity contribution is 0.317. The number of aromatic nitrogens is 1. The molecule has 0 aromatic carbocycles. The van der Waals surface area contributed by atoms with Gasteiger partial charge in [-0.15, -0.1) is 0 Å². The Labute approximate surface area is 69.2 Å². The van der Waals surface area contributed by atoms with E-state index in [1.54, 1.807) is 6.92 Å². The summed E-state index contributed by atoms with van der Waals surface area (Å²) in [5.41, 5.74) is -0.0848. The van der Waals surface area contributed by atoms with Crippen LogP contribution in [-0.4, -0.2) is 11.6 Å². The van der Waals surface area contributed by atoms with Gasteiger partial charge in [0.25, 0.3) is 0 Å². The van der Waals surface area contributed by atoms with E-state index in [1.807, 2.05) is 0 Å². The minimum atomic E-state index is -0.821. The zero-order chi connectivity index (χ0) is 9.14. The van der Waals surface area contributed by atoms with Gasteiger partial charge in [-0.2, -0.15) is 9.37 Å². The Morgan fingerprint density at radius 2 is 2.17 bits per heavy atom. The van der Waals surface area contributed by atoms with Crippen LogP contribution in [0.5, 0.6) is 5.88 Å². The van der Waals surface area contributed by atoms with Gasteiger partial charge in [0.1, 0.15) is 5.82 Å². The van der Waals surface area contributed by atoms with Crippen LogP contribution in [0, 0.1) is 18.7 Å². The minimum absolute atomic E-state index is 0.0156. The van der Waals surface area contributed by atoms with Crippen LogP contribution in [0.4, 0.5) is 8.78 Å². The molecular weight excluding hydrogens is 164 g/mol. The number of hydrogen-bond donors (Lipinski definition) is 0. The summed E-state index contributed by atoms with van der Waals surface area (Å²) < 4.78 is 30.4. The van der Waals surface area contributed by atoms with E-state index in [0.717, 1.165) is 6.07 Å². The first-order chi connectivity index (χ1) is 5.65. The molecule has 0 N–H and O–H groups in total. The molecule has 0 saturated carbocycles. The van der Waals surface area contributed by atoms with E-state index in [-0.39, 0.29) is 11.4 Å². The van der Waals surface area contributed by atoms with Crippen LogP contribution in [0.15, 0.2) is 6.07 Å². The maximum absolute atomic E-state index is 12.8. The van der Waals surface area contributed by atoms with Crippen molar-refractivity contribution >= 4 is 0 Å². The summed E-state index contributed by atoms with van der Waals surface area (Å²) in [7, 11) is 0. The van der Waals surface area contributed by atoms with Crippen LogP contribution in [0.25, 0.3) is 0 Å². The van der Waals surface area contributed by atoms with Crippen molar-refractivity contribution in [2.24, 2.45) is 0 Å². The maximum atomic E-state index is 12.8. The molecule has 4 heteroatoms. The monoisotopic (exact) mass is 173 g/mol. The zero-order valence-corrected chi connectivity index (χ0v) is 6.90. The first-order valence-electron chi connectivity index (χ1n) is 3.60. The highest BCUT2D eigenvalue weighted by molar-refractivity contribution is 5.20. The Balaban J connectivity index is 3.04. The lowest BCUT2D eigenvalue weighted by atomic mass is 10.3. The molecule has 1 aromatic rings. The summed E-state index contributed by atoms with van der Waals surface area (Å²) in [6.07, 6.45) is 0. The third kappa shape index (κ3) is 1.69. The molecule has 0 unspecified atom stereocenters. The predicted molar refractivity (Wildman–Crippen MR) is 40.1 cm³/mol. The first-order valence-corrected chi connectivity index (χ1v) is 3.60. The molecule has 2 nitrogen and oxygen atoms in total. The summed E-state index contributed by atoms with van der Waals surface area (Å²) >= 11 is 0. The van der Waals surface area contributed by atoms with Crippen LogP contribution in [0.3, 0.4) is 0 Å². The topological polar surface area (TPSA) is 22.1 Å². The number of pyridine rings is 1. The van der Waals surface area contributed by atoms with E-state index in [9.17, 15) is 8.78 Å². The van der Waals surface area contributed by atoms with Crippen LogP contribution >= 0.6 is 0 Å². The van der Waals surface area contributed by atoms with Gasteiger partial charge >= 0.3 is 0 Å². The van der Waals surface area contributed by atoms with Crippen LogP contribution in [-0.2, 0) is 0 Å². The third-order valence-electron chi connectivity index (χ3n) is 1.42. The van der Waals surface area contributed by atoms with Crippen LogP contribution in [0.2, 0.25) is 0 Å². The second-order valence-electron chi connectivity index (χ2n) is 2.29. The molecule has 66 valence electrons. The molecular formula is C8H9F2NO. The van der Waals surface area contributed by atoms with E-state index >= 15 is 0 Å². The molecule has 0 spiro atoms. The molecule has 0 fully saturated rings. The number of halogens is 2. The summed E-state index contributed by atoms with van der Waals surface area (Å²) in [5.74, 6) is -1.47. The van der Waals surface area contributed by atoms with Crippen molar-refractivity contribution < 1.29 is 13.5 Å². The number of hydrogen-bond acceptors (Lipinski definition) is 2. The normalized spacial score (nSPS) is 10.0. The maximum Gasteiger partial charge on any atom is 0.221 e. The highest BCUT2D eigenvalue weighted by Crippen LogP contribution is 2.15. The molecule has 0 aliphatic heterocycles. The standard InChI is InChI=1S/C8H9F2NO/c1-3-12-7-4-6(9)5(2)8(10)11-7/h4H,3H2,1-2H3. The van der Waals surface area contributed by atoms with Crippen LogP contribution in [0.1, 0.15) is 12.5 Å². The molecule has 0 atom stereocenters. The highest BCUT2D eigenvalue weighted by atomic mass is 19.1. The van der Waals surface area contributed by atoms with E-state index in [0.29, 0.717) is 6.61 Å². The van der Waals surface area contributed by atoms with Crippen molar-refractivity contribution in [1.29, 1.82) is 0 Å². The Kier molecular flexibility index (Phi) is 2.58. The van der Waals surface area contributed by atoms with Gasteiger partial charge in [0.2, 0.25) is 11.8 Å². The van der Waals surface area contributed by atoms with E-state index in [2.05, 4.69) is 4.98 Å². The molecule has 12 heavy (non-hydrogen) atoms. The average molecular weight is 173 g/mol. The Morgan fingerprint density at radius 3 is 2.67 bits per heavy atom. The Hall–Kier alpha value is -1.19. The van der Waals surface area contributed by atoms with Gasteiger partial charge in [-0.25, -0.2) is 4.39 Å². The molecule has 0 amide bonds. The first kappa shape index (κ1) is 8.90. The summed E-state index contributed by atoms with van der Waals surface area (Å²) in [4.78, 5) is 3.39. The fourth-order valence-electron chi connectivity index (χ4n) is 0.750. The van der Waals surface area contributed by atoms with Gasteiger partial charge in [-0.05, 0) is 13.8 Å². The van der Waals surface area contributed by atoms with Crippen molar-refractivity contribution in [2.45, 2.75) is 13.8 Å². The predicted octanol–water partition coefficient (Wildman–Crippen LogP) is 2.07. The van der Waals surface area contributed by atoms with Gasteiger partial charge in [-0.3, -0.25) is 0 Å². The fraction of sp³-hybridized carbons (Fsp3) is 0.375. The lowest BCUT2D eigenvalue weighted by Crippen LogP contribution is -1.99. The Morgan fingerprint density at radius 1 is 1.50 bits per heavy atom. The highest BCUT2D eigenvalue weighted by Gasteiger charge is 2.08. The van der Waals surface area contributed by atoms with Gasteiger partial charge < -0.3 is 4.74 Å². The van der Waals surface area contributed by atoms with E-state index in [4.69, 9.17) is 4.74 Å². The van der Waals surface area contributed by atoms with Crippen molar-refractivity contribution in [1.82, 2.24) is 4.98 Å².